The van der Waals surface area contributed by atoms with Gasteiger partial charge in [-0.1, -0.05) is 37.6 Å². The van der Waals surface area contributed by atoms with Gasteiger partial charge in [0.05, 0.1) is 0 Å². The Kier molecular flexibility index (Phi) is 2.98. The molecule has 1 aliphatic heterocycles. The van der Waals surface area contributed by atoms with E-state index in [4.69, 9.17) is 0 Å². The minimum atomic E-state index is -0.0520. The van der Waals surface area contributed by atoms with Gasteiger partial charge in [-0.3, -0.25) is 4.79 Å². The Morgan fingerprint density at radius 2 is 2.12 bits per heavy atom. The van der Waals surface area contributed by atoms with Crippen LogP contribution in [0.4, 0.5) is 0 Å². The number of hydrogen-bond acceptors (Lipinski definition) is 1. The Labute approximate surface area is 103 Å². The van der Waals surface area contributed by atoms with Crippen LogP contribution in [-0.4, -0.2) is 11.9 Å². The topological polar surface area (TPSA) is 29.1 Å². The summed E-state index contributed by atoms with van der Waals surface area (Å²) in [6, 6.07) is 6.80. The summed E-state index contributed by atoms with van der Waals surface area (Å²) < 4.78 is 0. The molecule has 0 bridgehead atoms. The lowest BCUT2D eigenvalue weighted by Gasteiger charge is -2.31. The van der Waals surface area contributed by atoms with Gasteiger partial charge in [-0.15, -0.1) is 0 Å². The number of hydrogen-bond donors (Lipinski definition) is 1. The van der Waals surface area contributed by atoms with Crippen LogP contribution in [0.1, 0.15) is 43.4 Å². The molecule has 2 nitrogen and oxygen atoms in total. The second-order valence-corrected chi connectivity index (χ2v) is 5.44. The first-order valence-electron chi connectivity index (χ1n) is 6.34. The highest BCUT2D eigenvalue weighted by Gasteiger charge is 2.43. The van der Waals surface area contributed by atoms with Crippen LogP contribution >= 0.6 is 0 Å². The van der Waals surface area contributed by atoms with Gasteiger partial charge in [0.15, 0.2) is 0 Å². The first kappa shape index (κ1) is 12.2. The van der Waals surface area contributed by atoms with Crippen molar-refractivity contribution in [1.82, 2.24) is 5.32 Å². The highest BCUT2D eigenvalue weighted by atomic mass is 16.2. The van der Waals surface area contributed by atoms with E-state index in [9.17, 15) is 4.79 Å². The quantitative estimate of drug-likeness (QED) is 0.833. The van der Waals surface area contributed by atoms with E-state index in [0.717, 1.165) is 6.42 Å². The van der Waals surface area contributed by atoms with Gasteiger partial charge in [0, 0.05) is 17.9 Å². The molecule has 0 radical (unpaired) electrons. The van der Waals surface area contributed by atoms with E-state index in [1.807, 2.05) is 0 Å². The van der Waals surface area contributed by atoms with Crippen molar-refractivity contribution < 1.29 is 4.79 Å². The lowest BCUT2D eigenvalue weighted by atomic mass is 9.73. The summed E-state index contributed by atoms with van der Waals surface area (Å²) in [6.45, 7) is 8.59. The fraction of sp³-hybridized carbons (Fsp3) is 0.533. The fourth-order valence-corrected chi connectivity index (χ4v) is 3.15. The molecular weight excluding hydrogens is 210 g/mol. The Morgan fingerprint density at radius 1 is 1.41 bits per heavy atom. The van der Waals surface area contributed by atoms with E-state index < -0.39 is 0 Å². The molecule has 2 atom stereocenters. The number of carbonyl (C=O) groups is 1. The second kappa shape index (κ2) is 4.17. The van der Waals surface area contributed by atoms with Gasteiger partial charge < -0.3 is 5.32 Å². The molecule has 2 rings (SSSR count). The van der Waals surface area contributed by atoms with Gasteiger partial charge in [-0.25, -0.2) is 0 Å². The predicted molar refractivity (Wildman–Crippen MR) is 70.1 cm³/mol. The molecule has 0 aliphatic carbocycles. The molecule has 17 heavy (non-hydrogen) atoms. The van der Waals surface area contributed by atoms with Gasteiger partial charge in [0.25, 0.3) is 0 Å². The van der Waals surface area contributed by atoms with E-state index in [2.05, 4.69) is 51.2 Å². The van der Waals surface area contributed by atoms with Crippen molar-refractivity contribution in [1.29, 1.82) is 0 Å². The SMILES string of the molecule is CCC1NC(=O)CC1(C)c1ccc(C)cc1C. The van der Waals surface area contributed by atoms with Crippen molar-refractivity contribution in [2.75, 3.05) is 0 Å². The molecule has 1 aromatic carbocycles. The lowest BCUT2D eigenvalue weighted by Crippen LogP contribution is -2.38. The highest BCUT2D eigenvalue weighted by Crippen LogP contribution is 2.38. The van der Waals surface area contributed by atoms with Crippen molar-refractivity contribution in [2.45, 2.75) is 52.0 Å². The maximum absolute atomic E-state index is 11.7. The third-order valence-electron chi connectivity index (χ3n) is 4.04. The molecular formula is C15H21NO. The van der Waals surface area contributed by atoms with Crippen molar-refractivity contribution >= 4 is 5.91 Å². The third kappa shape index (κ3) is 1.97. The van der Waals surface area contributed by atoms with Crippen LogP contribution in [0.15, 0.2) is 18.2 Å². The van der Waals surface area contributed by atoms with Crippen LogP contribution in [0, 0.1) is 13.8 Å². The van der Waals surface area contributed by atoms with E-state index in [1.54, 1.807) is 0 Å². The molecule has 0 saturated carbocycles. The van der Waals surface area contributed by atoms with Gasteiger partial charge >= 0.3 is 0 Å². The minimum absolute atomic E-state index is 0.0520. The highest BCUT2D eigenvalue weighted by molar-refractivity contribution is 5.81. The number of benzene rings is 1. The van der Waals surface area contributed by atoms with Crippen LogP contribution < -0.4 is 5.32 Å². The molecule has 1 heterocycles. The molecule has 1 amide bonds. The molecule has 0 spiro atoms. The summed E-state index contributed by atoms with van der Waals surface area (Å²) in [6.07, 6.45) is 1.59. The van der Waals surface area contributed by atoms with Crippen LogP contribution in [0.5, 0.6) is 0 Å². The molecule has 1 aliphatic rings. The first-order chi connectivity index (χ1) is 7.97. The van der Waals surface area contributed by atoms with Crippen molar-refractivity contribution in [3.8, 4) is 0 Å². The van der Waals surface area contributed by atoms with Crippen LogP contribution in [-0.2, 0) is 10.2 Å². The van der Waals surface area contributed by atoms with E-state index in [-0.39, 0.29) is 17.4 Å². The van der Waals surface area contributed by atoms with Gasteiger partial charge in [0.1, 0.15) is 0 Å². The fourth-order valence-electron chi connectivity index (χ4n) is 3.15. The predicted octanol–water partition coefficient (Wildman–Crippen LogP) is 2.86. The summed E-state index contributed by atoms with van der Waals surface area (Å²) in [5.74, 6) is 0.180. The maximum atomic E-state index is 11.7. The molecule has 1 N–H and O–H groups in total. The minimum Gasteiger partial charge on any atom is -0.352 e. The standard InChI is InChI=1S/C15H21NO/c1-5-13-15(4,9-14(17)16-13)12-7-6-10(2)8-11(12)3/h6-8,13H,5,9H2,1-4H3,(H,16,17). The van der Waals surface area contributed by atoms with Gasteiger partial charge in [-0.2, -0.15) is 0 Å². The Hall–Kier alpha value is -1.31. The Morgan fingerprint density at radius 3 is 2.71 bits per heavy atom. The molecule has 92 valence electrons. The van der Waals surface area contributed by atoms with E-state index in [0.29, 0.717) is 6.42 Å². The maximum Gasteiger partial charge on any atom is 0.221 e. The summed E-state index contributed by atoms with van der Waals surface area (Å²) in [4.78, 5) is 11.7. The van der Waals surface area contributed by atoms with Crippen molar-refractivity contribution in [2.24, 2.45) is 0 Å². The van der Waals surface area contributed by atoms with Crippen LogP contribution in [0.3, 0.4) is 0 Å². The number of rotatable bonds is 2. The Balaban J connectivity index is 2.46. The van der Waals surface area contributed by atoms with Crippen molar-refractivity contribution in [3.63, 3.8) is 0 Å². The zero-order chi connectivity index (χ0) is 12.6. The van der Waals surface area contributed by atoms with E-state index >= 15 is 0 Å². The molecule has 2 heteroatoms. The first-order valence-corrected chi connectivity index (χ1v) is 6.34. The normalized spacial score (nSPS) is 28.2. The van der Waals surface area contributed by atoms with E-state index in [1.165, 1.54) is 16.7 Å². The summed E-state index contributed by atoms with van der Waals surface area (Å²) in [7, 11) is 0. The zero-order valence-corrected chi connectivity index (χ0v) is 11.1. The second-order valence-electron chi connectivity index (χ2n) is 5.44. The lowest BCUT2D eigenvalue weighted by molar-refractivity contribution is -0.119. The van der Waals surface area contributed by atoms with Gasteiger partial charge in [0.2, 0.25) is 5.91 Å². The Bertz CT molecular complexity index is 452. The zero-order valence-electron chi connectivity index (χ0n) is 11.1. The molecule has 2 unspecified atom stereocenters. The summed E-state index contributed by atoms with van der Waals surface area (Å²) in [5.41, 5.74) is 3.83. The smallest absolute Gasteiger partial charge is 0.221 e. The summed E-state index contributed by atoms with van der Waals surface area (Å²) in [5, 5.41) is 3.10. The number of aryl methyl sites for hydroxylation is 2. The van der Waals surface area contributed by atoms with Crippen LogP contribution in [0.2, 0.25) is 0 Å². The molecule has 1 fully saturated rings. The number of nitrogens with one attached hydrogen (secondary N) is 1. The number of carbonyl (C=O) groups excluding carboxylic acids is 1. The largest absolute Gasteiger partial charge is 0.352 e. The average Bonchev–Trinajstić information content (AvgIpc) is 2.53. The van der Waals surface area contributed by atoms with Gasteiger partial charge in [-0.05, 0) is 31.4 Å². The molecule has 1 saturated heterocycles. The third-order valence-corrected chi connectivity index (χ3v) is 4.04. The molecule has 0 aromatic heterocycles. The van der Waals surface area contributed by atoms with Crippen LogP contribution in [0.25, 0.3) is 0 Å². The molecule has 1 aromatic rings. The number of amides is 1. The monoisotopic (exact) mass is 231 g/mol. The summed E-state index contributed by atoms with van der Waals surface area (Å²) >= 11 is 0. The van der Waals surface area contributed by atoms with Crippen molar-refractivity contribution in [3.05, 3.63) is 34.9 Å². The average molecular weight is 231 g/mol.